The predicted molar refractivity (Wildman–Crippen MR) is 105 cm³/mol. The number of piperidine rings is 1. The largest absolute Gasteiger partial charge is 0.314 e. The fourth-order valence-corrected chi connectivity index (χ4v) is 4.64. The summed E-state index contributed by atoms with van der Waals surface area (Å²) in [6.45, 7) is 2.79. The van der Waals surface area contributed by atoms with Crippen molar-refractivity contribution in [2.75, 3.05) is 13.1 Å². The molecule has 2 aliphatic heterocycles. The van der Waals surface area contributed by atoms with Crippen molar-refractivity contribution in [3.8, 4) is 11.1 Å². The van der Waals surface area contributed by atoms with Gasteiger partial charge in [-0.05, 0) is 40.5 Å². The molecule has 0 saturated carbocycles. The molecule has 0 aliphatic carbocycles. The van der Waals surface area contributed by atoms with Gasteiger partial charge in [0.15, 0.2) is 0 Å². The van der Waals surface area contributed by atoms with E-state index in [2.05, 4.69) is 45.5 Å². The average molecular weight is 359 g/mol. The van der Waals surface area contributed by atoms with Gasteiger partial charge in [-0.15, -0.1) is 0 Å². The van der Waals surface area contributed by atoms with Gasteiger partial charge >= 0.3 is 0 Å². The van der Waals surface area contributed by atoms with Gasteiger partial charge in [0.1, 0.15) is 5.82 Å². The van der Waals surface area contributed by atoms with Crippen LogP contribution in [0.15, 0.2) is 73.1 Å². The van der Waals surface area contributed by atoms with Crippen molar-refractivity contribution in [3.63, 3.8) is 0 Å². The van der Waals surface area contributed by atoms with Crippen molar-refractivity contribution >= 4 is 0 Å². The molecular formula is C23H22FN3. The maximum absolute atomic E-state index is 13.5. The molecule has 3 heterocycles. The minimum absolute atomic E-state index is 0.154. The van der Waals surface area contributed by atoms with E-state index < -0.39 is 0 Å². The number of pyridine rings is 1. The Morgan fingerprint density at radius 1 is 0.963 bits per heavy atom. The molecule has 27 heavy (non-hydrogen) atoms. The molecular weight excluding hydrogens is 337 g/mol. The molecule has 0 amide bonds. The van der Waals surface area contributed by atoms with E-state index in [9.17, 15) is 4.39 Å². The summed E-state index contributed by atoms with van der Waals surface area (Å²) in [6.07, 6.45) is 3.70. The SMILES string of the molecule is Fc1cccc(CN2[C@@H]3CNC[C@H]2C3c2ccc(-c3cccnc3)cc2)c1. The van der Waals surface area contributed by atoms with Crippen LogP contribution in [0.3, 0.4) is 0 Å². The molecule has 2 saturated heterocycles. The van der Waals surface area contributed by atoms with E-state index in [0.29, 0.717) is 18.0 Å². The van der Waals surface area contributed by atoms with Gasteiger partial charge in [-0.2, -0.15) is 0 Å². The van der Waals surface area contributed by atoms with E-state index in [4.69, 9.17) is 0 Å². The van der Waals surface area contributed by atoms with Crippen LogP contribution in [0.2, 0.25) is 0 Å². The van der Waals surface area contributed by atoms with Crippen LogP contribution in [0.5, 0.6) is 0 Å². The van der Waals surface area contributed by atoms with Crippen LogP contribution in [0.25, 0.3) is 11.1 Å². The van der Waals surface area contributed by atoms with Crippen LogP contribution >= 0.6 is 0 Å². The third-order valence-corrected chi connectivity index (χ3v) is 5.93. The zero-order valence-corrected chi connectivity index (χ0v) is 15.1. The fraction of sp³-hybridized carbons (Fsp3) is 0.261. The van der Waals surface area contributed by atoms with Gasteiger partial charge in [0.25, 0.3) is 0 Å². The Balaban J connectivity index is 1.34. The molecule has 4 heteroatoms. The zero-order chi connectivity index (χ0) is 18.2. The Kier molecular flexibility index (Phi) is 4.23. The fourth-order valence-electron chi connectivity index (χ4n) is 4.64. The zero-order valence-electron chi connectivity index (χ0n) is 15.1. The summed E-state index contributed by atoms with van der Waals surface area (Å²) in [5.41, 5.74) is 4.80. The van der Waals surface area contributed by atoms with Gasteiger partial charge in [-0.3, -0.25) is 9.88 Å². The van der Waals surface area contributed by atoms with Crippen molar-refractivity contribution in [1.29, 1.82) is 0 Å². The first kappa shape index (κ1) is 16.6. The highest BCUT2D eigenvalue weighted by Gasteiger charge is 2.50. The van der Waals surface area contributed by atoms with E-state index >= 15 is 0 Å². The molecule has 1 N–H and O–H groups in total. The summed E-state index contributed by atoms with van der Waals surface area (Å²) >= 11 is 0. The molecule has 2 bridgehead atoms. The number of rotatable bonds is 4. The smallest absolute Gasteiger partial charge is 0.123 e. The normalized spacial score (nSPS) is 24.4. The van der Waals surface area contributed by atoms with Crippen molar-refractivity contribution in [1.82, 2.24) is 15.2 Å². The number of fused-ring (bicyclic) bond motifs is 2. The number of hydrogen-bond acceptors (Lipinski definition) is 3. The monoisotopic (exact) mass is 359 g/mol. The van der Waals surface area contributed by atoms with Crippen LogP contribution in [-0.4, -0.2) is 35.1 Å². The quantitative estimate of drug-likeness (QED) is 0.767. The lowest BCUT2D eigenvalue weighted by molar-refractivity contribution is -0.0483. The highest BCUT2D eigenvalue weighted by Crippen LogP contribution is 2.43. The predicted octanol–water partition coefficient (Wildman–Crippen LogP) is 3.83. The highest BCUT2D eigenvalue weighted by molar-refractivity contribution is 5.62. The Bertz CT molecular complexity index is 914. The molecule has 1 unspecified atom stereocenters. The van der Waals surface area contributed by atoms with Crippen molar-refractivity contribution in [2.24, 2.45) is 0 Å². The van der Waals surface area contributed by atoms with Crippen LogP contribution < -0.4 is 5.32 Å². The average Bonchev–Trinajstić information content (AvgIpc) is 2.73. The third kappa shape index (κ3) is 3.05. The summed E-state index contributed by atoms with van der Waals surface area (Å²) in [5.74, 6) is 0.390. The van der Waals surface area contributed by atoms with Gasteiger partial charge in [0.2, 0.25) is 0 Å². The first-order valence-electron chi connectivity index (χ1n) is 9.51. The molecule has 1 aromatic heterocycles. The first-order valence-corrected chi connectivity index (χ1v) is 9.51. The van der Waals surface area contributed by atoms with Gasteiger partial charge in [-0.25, -0.2) is 4.39 Å². The molecule has 3 atom stereocenters. The van der Waals surface area contributed by atoms with Crippen LogP contribution in [0.4, 0.5) is 4.39 Å². The van der Waals surface area contributed by atoms with Crippen molar-refractivity contribution < 1.29 is 4.39 Å². The van der Waals surface area contributed by atoms with Crippen LogP contribution in [0.1, 0.15) is 17.0 Å². The Labute approximate surface area is 158 Å². The van der Waals surface area contributed by atoms with Crippen molar-refractivity contribution in [3.05, 3.63) is 90.0 Å². The summed E-state index contributed by atoms with van der Waals surface area (Å²) in [6, 6.07) is 20.9. The summed E-state index contributed by atoms with van der Waals surface area (Å²) in [5, 5.41) is 3.52. The molecule has 2 fully saturated rings. The second-order valence-electron chi connectivity index (χ2n) is 7.48. The molecule has 3 nitrogen and oxygen atoms in total. The lowest BCUT2D eigenvalue weighted by Crippen LogP contribution is -2.72. The molecule has 0 spiro atoms. The number of nitrogens with zero attached hydrogens (tertiary/aromatic N) is 2. The topological polar surface area (TPSA) is 28.2 Å². The minimum atomic E-state index is -0.154. The molecule has 3 aromatic rings. The van der Waals surface area contributed by atoms with E-state index in [0.717, 1.165) is 30.8 Å². The third-order valence-electron chi connectivity index (χ3n) is 5.93. The number of benzene rings is 2. The summed E-state index contributed by atoms with van der Waals surface area (Å²) in [4.78, 5) is 6.73. The van der Waals surface area contributed by atoms with E-state index in [1.54, 1.807) is 18.3 Å². The first-order chi connectivity index (χ1) is 13.3. The van der Waals surface area contributed by atoms with Gasteiger partial charge in [0.05, 0.1) is 0 Å². The van der Waals surface area contributed by atoms with Gasteiger partial charge in [-0.1, -0.05) is 42.5 Å². The molecule has 0 radical (unpaired) electrons. The van der Waals surface area contributed by atoms with Crippen LogP contribution in [-0.2, 0) is 6.54 Å². The Hall–Kier alpha value is -2.56. The Morgan fingerprint density at radius 2 is 1.78 bits per heavy atom. The number of piperazine rings is 1. The Morgan fingerprint density at radius 3 is 2.48 bits per heavy atom. The summed E-state index contributed by atoms with van der Waals surface area (Å²) in [7, 11) is 0. The van der Waals surface area contributed by atoms with E-state index in [1.165, 1.54) is 17.2 Å². The molecule has 2 aliphatic rings. The maximum Gasteiger partial charge on any atom is 0.123 e. The van der Waals surface area contributed by atoms with Crippen molar-refractivity contribution in [2.45, 2.75) is 24.5 Å². The molecule has 2 aromatic carbocycles. The maximum atomic E-state index is 13.5. The van der Waals surface area contributed by atoms with Gasteiger partial charge < -0.3 is 5.32 Å². The second kappa shape index (κ2) is 6.87. The number of hydrogen-bond donors (Lipinski definition) is 1. The number of aromatic nitrogens is 1. The van der Waals surface area contributed by atoms with E-state index in [1.807, 2.05) is 18.3 Å². The standard InChI is InChI=1S/C23H22FN3/c24-20-5-1-3-16(11-20)15-27-21-13-26-14-22(27)23(21)18-8-6-17(7-9-18)19-4-2-10-25-12-19/h1-12,21-23,26H,13-15H2/t21-,22+,23?. The number of halogens is 1. The lowest BCUT2D eigenvalue weighted by atomic mass is 9.72. The highest BCUT2D eigenvalue weighted by atomic mass is 19.1. The minimum Gasteiger partial charge on any atom is -0.314 e. The summed E-state index contributed by atoms with van der Waals surface area (Å²) < 4.78 is 13.5. The lowest BCUT2D eigenvalue weighted by Gasteiger charge is -2.59. The molecule has 5 rings (SSSR count). The van der Waals surface area contributed by atoms with Gasteiger partial charge in [0, 0.05) is 50.0 Å². The van der Waals surface area contributed by atoms with Crippen LogP contribution in [0, 0.1) is 5.82 Å². The number of nitrogens with one attached hydrogen (secondary N) is 1. The molecule has 136 valence electrons. The van der Waals surface area contributed by atoms with E-state index in [-0.39, 0.29) is 5.82 Å². The second-order valence-corrected chi connectivity index (χ2v) is 7.48.